The maximum atomic E-state index is 13.5. The largest absolute Gasteiger partial charge is 0.487 e. The smallest absolute Gasteiger partial charge is 0.337 e. The number of anilines is 1. The molecule has 0 spiro atoms. The summed E-state index contributed by atoms with van der Waals surface area (Å²) in [7, 11) is 1.29. The monoisotopic (exact) mass is 484 g/mol. The highest BCUT2D eigenvalue weighted by Crippen LogP contribution is 2.60. The number of amides is 1. The van der Waals surface area contributed by atoms with Crippen molar-refractivity contribution in [1.29, 1.82) is 0 Å². The molecule has 1 aromatic heterocycles. The minimum atomic E-state index is -1.31. The summed E-state index contributed by atoms with van der Waals surface area (Å²) < 4.78 is 24.2. The molecule has 0 aliphatic carbocycles. The molecule has 2 fully saturated rings. The molecule has 3 aliphatic rings. The zero-order valence-electron chi connectivity index (χ0n) is 19.5. The van der Waals surface area contributed by atoms with Gasteiger partial charge in [0.15, 0.2) is 5.60 Å². The van der Waals surface area contributed by atoms with Crippen molar-refractivity contribution in [3.8, 4) is 5.75 Å². The Bertz CT molecular complexity index is 1270. The van der Waals surface area contributed by atoms with Gasteiger partial charge in [0.05, 0.1) is 30.1 Å². The van der Waals surface area contributed by atoms with E-state index in [4.69, 9.17) is 18.9 Å². The highest BCUT2D eigenvalue weighted by atomic mass is 16.7. The Balaban J connectivity index is 1.45. The number of hydrogen-bond acceptors (Lipinski definition) is 7. The summed E-state index contributed by atoms with van der Waals surface area (Å²) in [6.07, 6.45) is 1.43. The van der Waals surface area contributed by atoms with Gasteiger partial charge in [0.1, 0.15) is 30.2 Å². The van der Waals surface area contributed by atoms with Gasteiger partial charge < -0.3 is 24.3 Å². The number of pyridine rings is 1. The third-order valence-electron chi connectivity index (χ3n) is 6.83. The van der Waals surface area contributed by atoms with Gasteiger partial charge in [-0.1, -0.05) is 48.5 Å². The first-order valence-corrected chi connectivity index (χ1v) is 11.7. The van der Waals surface area contributed by atoms with Gasteiger partial charge in [-0.25, -0.2) is 4.79 Å². The average molecular weight is 485 g/mol. The summed E-state index contributed by atoms with van der Waals surface area (Å²) in [5.41, 5.74) is 0.543. The molecule has 0 saturated carbocycles. The lowest BCUT2D eigenvalue weighted by molar-refractivity contribution is -0.144. The number of aromatic nitrogens is 1. The summed E-state index contributed by atoms with van der Waals surface area (Å²) in [6, 6.07) is 22.6. The molecule has 5 atom stereocenters. The number of epoxide rings is 1. The average Bonchev–Trinajstić information content (AvgIpc) is 3.57. The van der Waals surface area contributed by atoms with E-state index in [0.29, 0.717) is 17.9 Å². The van der Waals surface area contributed by atoms with Gasteiger partial charge >= 0.3 is 5.97 Å². The Kier molecular flexibility index (Phi) is 5.55. The Morgan fingerprint density at radius 2 is 1.81 bits per heavy atom. The molecule has 6 rings (SSSR count). The number of para-hydroxylation sites is 1. The normalized spacial score (nSPS) is 26.2. The van der Waals surface area contributed by atoms with Gasteiger partial charge in [-0.2, -0.15) is 0 Å². The Morgan fingerprint density at radius 1 is 1.06 bits per heavy atom. The SMILES string of the molecule is COC(=O)C1=C(C(=O)Nc2cccnc2)C2OC1(C(Cc1ccccc1)Oc1ccccc1)C1OC21. The standard InChI is InChI=1S/C28H24N2O6/c1-33-27(32)22-21(26(31)30-18-11-8-14-29-16-18)23-24-25(35-24)28(22,36-23)20(15-17-9-4-2-5-10-17)34-19-12-6-3-7-13-19/h2-14,16,20,23-25H,15H2,1H3,(H,30,31). The van der Waals surface area contributed by atoms with Gasteiger partial charge in [0, 0.05) is 12.6 Å². The Labute approximate surface area is 207 Å². The van der Waals surface area contributed by atoms with Crippen molar-refractivity contribution in [1.82, 2.24) is 4.98 Å². The molecule has 5 unspecified atom stereocenters. The number of hydrogen-bond donors (Lipinski definition) is 1. The lowest BCUT2D eigenvalue weighted by atomic mass is 9.76. The van der Waals surface area contributed by atoms with Crippen LogP contribution in [0.15, 0.2) is 96.3 Å². The Hall–Kier alpha value is -4.01. The van der Waals surface area contributed by atoms with E-state index in [0.717, 1.165) is 5.56 Å². The van der Waals surface area contributed by atoms with E-state index in [-0.39, 0.29) is 17.3 Å². The van der Waals surface area contributed by atoms with Crippen LogP contribution in [-0.4, -0.2) is 54.0 Å². The molecule has 8 heteroatoms. The van der Waals surface area contributed by atoms with E-state index in [1.807, 2.05) is 60.7 Å². The van der Waals surface area contributed by atoms with E-state index >= 15 is 0 Å². The van der Waals surface area contributed by atoms with Gasteiger partial charge in [-0.3, -0.25) is 9.78 Å². The number of methoxy groups -OCH3 is 1. The van der Waals surface area contributed by atoms with E-state index < -0.39 is 35.8 Å². The summed E-state index contributed by atoms with van der Waals surface area (Å²) in [4.78, 5) is 30.8. The lowest BCUT2D eigenvalue weighted by Gasteiger charge is -2.36. The molecule has 3 aromatic rings. The van der Waals surface area contributed by atoms with Crippen molar-refractivity contribution in [3.63, 3.8) is 0 Å². The van der Waals surface area contributed by atoms with Gasteiger partial charge in [0.25, 0.3) is 5.91 Å². The zero-order chi connectivity index (χ0) is 24.7. The molecule has 3 aliphatic heterocycles. The van der Waals surface area contributed by atoms with Crippen LogP contribution in [-0.2, 0) is 30.2 Å². The zero-order valence-corrected chi connectivity index (χ0v) is 19.5. The van der Waals surface area contributed by atoms with Crippen molar-refractivity contribution in [3.05, 3.63) is 102 Å². The molecule has 1 N–H and O–H groups in total. The van der Waals surface area contributed by atoms with Crippen molar-refractivity contribution >= 4 is 17.6 Å². The second kappa shape index (κ2) is 8.89. The van der Waals surface area contributed by atoms with Crippen LogP contribution in [0.4, 0.5) is 5.69 Å². The fourth-order valence-corrected chi connectivity index (χ4v) is 5.26. The molecule has 182 valence electrons. The first kappa shape index (κ1) is 22.5. The van der Waals surface area contributed by atoms with Crippen LogP contribution in [0.3, 0.4) is 0 Å². The van der Waals surface area contributed by atoms with E-state index in [1.165, 1.54) is 13.3 Å². The number of carbonyl (C=O) groups excluding carboxylic acids is 2. The predicted molar refractivity (Wildman–Crippen MR) is 129 cm³/mol. The van der Waals surface area contributed by atoms with Crippen molar-refractivity contribution in [2.45, 2.75) is 36.4 Å². The maximum Gasteiger partial charge on any atom is 0.337 e. The summed E-state index contributed by atoms with van der Waals surface area (Å²) >= 11 is 0. The summed E-state index contributed by atoms with van der Waals surface area (Å²) in [5, 5.41) is 2.83. The molecule has 0 radical (unpaired) electrons. The number of rotatable bonds is 8. The van der Waals surface area contributed by atoms with Crippen LogP contribution in [0.1, 0.15) is 5.56 Å². The minimum absolute atomic E-state index is 0.145. The van der Waals surface area contributed by atoms with Crippen molar-refractivity contribution in [2.24, 2.45) is 0 Å². The van der Waals surface area contributed by atoms with E-state index in [9.17, 15) is 9.59 Å². The predicted octanol–water partition coefficient (Wildman–Crippen LogP) is 3.10. The third kappa shape index (κ3) is 3.66. The molecular formula is C28H24N2O6. The Morgan fingerprint density at radius 3 is 2.50 bits per heavy atom. The van der Waals surface area contributed by atoms with Crippen LogP contribution < -0.4 is 10.1 Å². The fraction of sp³-hybridized carbons (Fsp3) is 0.250. The van der Waals surface area contributed by atoms with Crippen LogP contribution in [0.25, 0.3) is 0 Å². The number of fused-ring (bicyclic) bond motifs is 5. The second-order valence-electron chi connectivity index (χ2n) is 8.94. The highest BCUT2D eigenvalue weighted by molar-refractivity contribution is 6.12. The van der Waals surface area contributed by atoms with Crippen LogP contribution in [0, 0.1) is 0 Å². The molecular weight excluding hydrogens is 460 g/mol. The minimum Gasteiger partial charge on any atom is -0.487 e. The number of benzene rings is 2. The van der Waals surface area contributed by atoms with Crippen LogP contribution >= 0.6 is 0 Å². The molecule has 2 bridgehead atoms. The lowest BCUT2D eigenvalue weighted by Crippen LogP contribution is -2.54. The van der Waals surface area contributed by atoms with Crippen molar-refractivity contribution in [2.75, 3.05) is 12.4 Å². The second-order valence-corrected chi connectivity index (χ2v) is 8.94. The number of ether oxygens (including phenoxy) is 4. The third-order valence-corrected chi connectivity index (χ3v) is 6.83. The molecule has 1 amide bonds. The van der Waals surface area contributed by atoms with Crippen LogP contribution in [0.2, 0.25) is 0 Å². The molecule has 36 heavy (non-hydrogen) atoms. The molecule has 2 aromatic carbocycles. The van der Waals surface area contributed by atoms with Gasteiger partial charge in [-0.05, 0) is 29.8 Å². The van der Waals surface area contributed by atoms with E-state index in [1.54, 1.807) is 18.3 Å². The van der Waals surface area contributed by atoms with Gasteiger partial charge in [0.2, 0.25) is 0 Å². The number of nitrogens with zero attached hydrogens (tertiary/aromatic N) is 1. The molecule has 2 saturated heterocycles. The topological polar surface area (TPSA) is 99.3 Å². The highest BCUT2D eigenvalue weighted by Gasteiger charge is 2.78. The van der Waals surface area contributed by atoms with Gasteiger partial charge in [-0.15, -0.1) is 0 Å². The number of nitrogens with one attached hydrogen (secondary N) is 1. The van der Waals surface area contributed by atoms with E-state index in [2.05, 4.69) is 10.3 Å². The van der Waals surface area contributed by atoms with Crippen LogP contribution in [0.5, 0.6) is 5.75 Å². The molecule has 8 nitrogen and oxygen atoms in total. The number of esters is 1. The fourth-order valence-electron chi connectivity index (χ4n) is 5.26. The maximum absolute atomic E-state index is 13.5. The summed E-state index contributed by atoms with van der Waals surface area (Å²) in [6.45, 7) is 0. The quantitative estimate of drug-likeness (QED) is 0.387. The first-order chi connectivity index (χ1) is 17.6. The first-order valence-electron chi connectivity index (χ1n) is 11.7. The molecule has 4 heterocycles. The van der Waals surface area contributed by atoms with Crippen molar-refractivity contribution < 1.29 is 28.5 Å². The summed E-state index contributed by atoms with van der Waals surface area (Å²) in [5.74, 6) is -0.477. The number of carbonyl (C=O) groups is 2.